The van der Waals surface area contributed by atoms with E-state index in [1.165, 1.54) is 11.5 Å². The van der Waals surface area contributed by atoms with Gasteiger partial charge in [0.2, 0.25) is 0 Å². The molecule has 7 heteroatoms. The van der Waals surface area contributed by atoms with E-state index < -0.39 is 11.6 Å². The van der Waals surface area contributed by atoms with Crippen LogP contribution in [0.25, 0.3) is 0 Å². The summed E-state index contributed by atoms with van der Waals surface area (Å²) in [6.07, 6.45) is 0. The van der Waals surface area contributed by atoms with Gasteiger partial charge in [-0.1, -0.05) is 4.49 Å². The zero-order valence-corrected chi connectivity index (χ0v) is 10.3. The predicted molar refractivity (Wildman–Crippen MR) is 61.3 cm³/mol. The van der Waals surface area contributed by atoms with Crippen LogP contribution in [0.3, 0.4) is 0 Å². The molecule has 0 aliphatic carbocycles. The molecule has 3 nitrogen and oxygen atoms in total. The number of nitrogens with zero attached hydrogens (tertiary/aromatic N) is 2. The molecule has 1 N–H and O–H groups in total. The molecule has 0 radical (unpaired) electrons. The Labute approximate surface area is 103 Å². The lowest BCUT2D eigenvalue weighted by molar-refractivity contribution is 0.596. The summed E-state index contributed by atoms with van der Waals surface area (Å²) < 4.78 is 30.3. The molecule has 2 aromatic rings. The van der Waals surface area contributed by atoms with Crippen molar-refractivity contribution >= 4 is 33.1 Å². The van der Waals surface area contributed by atoms with Crippen LogP contribution in [0.2, 0.25) is 0 Å². The van der Waals surface area contributed by atoms with Gasteiger partial charge in [-0.25, -0.2) is 8.78 Å². The summed E-state index contributed by atoms with van der Waals surface area (Å²) in [4.78, 5) is 0. The molecular weight excluding hydrogens is 300 g/mol. The number of anilines is 1. The Hall–Kier alpha value is -1.08. The van der Waals surface area contributed by atoms with E-state index >= 15 is 0 Å². The van der Waals surface area contributed by atoms with E-state index in [0.717, 1.165) is 12.1 Å². The first-order chi connectivity index (χ1) is 7.66. The maximum Gasteiger partial charge on any atom is 0.147 e. The van der Waals surface area contributed by atoms with E-state index in [2.05, 4.69) is 30.8 Å². The minimum atomic E-state index is -0.517. The highest BCUT2D eigenvalue weighted by atomic mass is 79.9. The third-order valence-electron chi connectivity index (χ3n) is 1.88. The maximum absolute atomic E-state index is 13.4. The number of hydrogen-bond acceptors (Lipinski definition) is 4. The number of hydrogen-bond donors (Lipinski definition) is 1. The lowest BCUT2D eigenvalue weighted by Gasteiger charge is -2.06. The van der Waals surface area contributed by atoms with Gasteiger partial charge in [0.25, 0.3) is 0 Å². The average Bonchev–Trinajstić information content (AvgIpc) is 2.74. The zero-order valence-electron chi connectivity index (χ0n) is 7.88. The van der Waals surface area contributed by atoms with Crippen LogP contribution in [0.4, 0.5) is 14.5 Å². The Morgan fingerprint density at radius 3 is 2.81 bits per heavy atom. The second kappa shape index (κ2) is 4.84. The first-order valence-corrected chi connectivity index (χ1v) is 5.94. The monoisotopic (exact) mass is 305 g/mol. The summed E-state index contributed by atoms with van der Waals surface area (Å²) in [6.45, 7) is 0.314. The Balaban J connectivity index is 2.12. The van der Waals surface area contributed by atoms with Crippen LogP contribution in [0.15, 0.2) is 22.0 Å². The fourth-order valence-electron chi connectivity index (χ4n) is 1.10. The molecule has 0 saturated carbocycles. The van der Waals surface area contributed by atoms with Crippen LogP contribution in [-0.4, -0.2) is 9.59 Å². The van der Waals surface area contributed by atoms with E-state index in [4.69, 9.17) is 0 Å². The van der Waals surface area contributed by atoms with Crippen LogP contribution in [0.1, 0.15) is 5.69 Å². The summed E-state index contributed by atoms with van der Waals surface area (Å²) in [6, 6.07) is 2.18. The summed E-state index contributed by atoms with van der Waals surface area (Å²) >= 11 is 4.11. The lowest BCUT2D eigenvalue weighted by atomic mass is 10.3. The molecule has 0 atom stereocenters. The highest BCUT2D eigenvalue weighted by Gasteiger charge is 2.08. The van der Waals surface area contributed by atoms with Crippen molar-refractivity contribution in [3.63, 3.8) is 0 Å². The van der Waals surface area contributed by atoms with Crippen molar-refractivity contribution < 1.29 is 8.78 Å². The van der Waals surface area contributed by atoms with Crippen molar-refractivity contribution in [2.45, 2.75) is 6.54 Å². The van der Waals surface area contributed by atoms with Crippen molar-refractivity contribution in [2.75, 3.05) is 5.32 Å². The van der Waals surface area contributed by atoms with E-state index in [9.17, 15) is 8.78 Å². The number of aromatic nitrogens is 2. The van der Waals surface area contributed by atoms with Crippen LogP contribution >= 0.6 is 27.5 Å². The van der Waals surface area contributed by atoms with Gasteiger partial charge in [0.1, 0.15) is 11.6 Å². The molecule has 0 bridgehead atoms. The smallest absolute Gasteiger partial charge is 0.147 e. The van der Waals surface area contributed by atoms with Crippen LogP contribution in [-0.2, 0) is 6.54 Å². The first-order valence-electron chi connectivity index (χ1n) is 4.31. The van der Waals surface area contributed by atoms with Crippen molar-refractivity contribution in [1.29, 1.82) is 0 Å². The molecule has 1 heterocycles. The van der Waals surface area contributed by atoms with E-state index in [1.807, 2.05) is 0 Å². The van der Waals surface area contributed by atoms with E-state index in [0.29, 0.717) is 12.2 Å². The Morgan fingerprint density at radius 2 is 2.12 bits per heavy atom. The molecule has 0 saturated heterocycles. The summed E-state index contributed by atoms with van der Waals surface area (Å²) in [5.41, 5.74) is 0.793. The fourth-order valence-corrected chi connectivity index (χ4v) is 1.87. The summed E-state index contributed by atoms with van der Waals surface area (Å²) in [5, 5.41) is 8.27. The molecule has 0 fully saturated rings. The van der Waals surface area contributed by atoms with Gasteiger partial charge in [0.15, 0.2) is 0 Å². The lowest BCUT2D eigenvalue weighted by Crippen LogP contribution is -2.02. The molecular formula is C9H6BrF2N3S. The van der Waals surface area contributed by atoms with Crippen molar-refractivity contribution in [3.8, 4) is 0 Å². The third-order valence-corrected chi connectivity index (χ3v) is 3.04. The van der Waals surface area contributed by atoms with Crippen LogP contribution in [0.5, 0.6) is 0 Å². The second-order valence-corrected chi connectivity index (χ2v) is 4.46. The minimum Gasteiger partial charge on any atom is -0.377 e. The third kappa shape index (κ3) is 2.53. The van der Waals surface area contributed by atoms with Crippen LogP contribution < -0.4 is 5.32 Å². The average molecular weight is 306 g/mol. The standard InChI is InChI=1S/C9H6BrF2N3S/c10-6-1-8(12)9(2-7(6)11)13-3-5-4-16-15-14-5/h1-2,4,13H,3H2. The molecule has 0 spiro atoms. The van der Waals surface area contributed by atoms with E-state index in [-0.39, 0.29) is 10.2 Å². The van der Waals surface area contributed by atoms with Crippen LogP contribution in [0, 0.1) is 11.6 Å². The maximum atomic E-state index is 13.4. The number of rotatable bonds is 3. The largest absolute Gasteiger partial charge is 0.377 e. The van der Waals surface area contributed by atoms with E-state index in [1.54, 1.807) is 5.38 Å². The zero-order chi connectivity index (χ0) is 11.5. The topological polar surface area (TPSA) is 37.8 Å². The molecule has 84 valence electrons. The van der Waals surface area contributed by atoms with Gasteiger partial charge in [0.05, 0.1) is 22.4 Å². The number of nitrogens with one attached hydrogen (secondary N) is 1. The second-order valence-electron chi connectivity index (χ2n) is 3.00. The molecule has 1 aromatic carbocycles. The van der Waals surface area contributed by atoms with Gasteiger partial charge >= 0.3 is 0 Å². The highest BCUT2D eigenvalue weighted by Crippen LogP contribution is 2.23. The Morgan fingerprint density at radius 1 is 1.31 bits per heavy atom. The molecule has 0 aliphatic heterocycles. The fraction of sp³-hybridized carbons (Fsp3) is 0.111. The normalized spacial score (nSPS) is 10.4. The van der Waals surface area contributed by atoms with Gasteiger partial charge in [-0.15, -0.1) is 5.10 Å². The van der Waals surface area contributed by atoms with Gasteiger partial charge in [-0.05, 0) is 33.5 Å². The van der Waals surface area contributed by atoms with Gasteiger partial charge in [0, 0.05) is 11.4 Å². The molecule has 2 rings (SSSR count). The minimum absolute atomic E-state index is 0.103. The highest BCUT2D eigenvalue weighted by molar-refractivity contribution is 9.10. The van der Waals surface area contributed by atoms with Gasteiger partial charge < -0.3 is 5.32 Å². The Bertz CT molecular complexity index is 490. The Kier molecular flexibility index (Phi) is 3.45. The molecule has 0 unspecified atom stereocenters. The number of benzene rings is 1. The van der Waals surface area contributed by atoms with Crippen molar-refractivity contribution in [2.24, 2.45) is 0 Å². The SMILES string of the molecule is Fc1cc(NCc2csnn2)c(F)cc1Br. The van der Waals surface area contributed by atoms with Gasteiger partial charge in [-0.2, -0.15) is 0 Å². The van der Waals surface area contributed by atoms with Crippen molar-refractivity contribution in [3.05, 3.63) is 39.3 Å². The summed E-state index contributed by atoms with van der Waals surface area (Å²) in [5.74, 6) is -1.03. The molecule has 0 aliphatic rings. The molecule has 16 heavy (non-hydrogen) atoms. The quantitative estimate of drug-likeness (QED) is 0.885. The molecule has 0 amide bonds. The van der Waals surface area contributed by atoms with Gasteiger partial charge in [-0.3, -0.25) is 0 Å². The first kappa shape index (κ1) is 11.4. The molecule has 1 aromatic heterocycles. The van der Waals surface area contributed by atoms with Crippen molar-refractivity contribution in [1.82, 2.24) is 9.59 Å². The predicted octanol–water partition coefficient (Wildman–Crippen LogP) is 3.19. The number of halogens is 3. The summed E-state index contributed by atoms with van der Waals surface area (Å²) in [7, 11) is 0.